The summed E-state index contributed by atoms with van der Waals surface area (Å²) in [6, 6.07) is 0. The molecule has 1 aliphatic heterocycles. The number of nitrogens with two attached hydrogens (primary N) is 1. The van der Waals surface area contributed by atoms with Crippen LogP contribution in [0, 0.1) is 5.92 Å². The van der Waals surface area contributed by atoms with Gasteiger partial charge in [0.05, 0.1) is 5.92 Å². The second-order valence-corrected chi connectivity index (χ2v) is 7.09. The number of rotatable bonds is 3. The molecule has 0 bridgehead atoms. The Kier molecular flexibility index (Phi) is 4.36. The minimum absolute atomic E-state index is 0.0163. The molecular weight excluding hydrogens is 232 g/mol. The lowest BCUT2D eigenvalue weighted by Gasteiger charge is -2.37. The van der Waals surface area contributed by atoms with Crippen molar-refractivity contribution >= 4 is 17.7 Å². The van der Waals surface area contributed by atoms with Crippen molar-refractivity contribution in [2.45, 2.75) is 56.2 Å². The summed E-state index contributed by atoms with van der Waals surface area (Å²) in [5.41, 5.74) is 5.94. The van der Waals surface area contributed by atoms with Crippen molar-refractivity contribution in [1.82, 2.24) is 5.32 Å². The van der Waals surface area contributed by atoms with Crippen molar-refractivity contribution in [1.29, 1.82) is 0 Å². The van der Waals surface area contributed by atoms with Crippen LogP contribution in [-0.4, -0.2) is 29.0 Å². The highest BCUT2D eigenvalue weighted by Crippen LogP contribution is 2.32. The molecule has 0 radical (unpaired) electrons. The Labute approximate surface area is 108 Å². The Morgan fingerprint density at radius 2 is 2.24 bits per heavy atom. The van der Waals surface area contributed by atoms with Gasteiger partial charge in [0.15, 0.2) is 0 Å². The average molecular weight is 256 g/mol. The molecule has 3 N–H and O–H groups in total. The Hall–Kier alpha value is -0.220. The first-order valence-corrected chi connectivity index (χ1v) is 7.83. The number of hydrogen-bond acceptors (Lipinski definition) is 3. The lowest BCUT2D eigenvalue weighted by Crippen LogP contribution is -2.53. The molecule has 0 aromatic carbocycles. The summed E-state index contributed by atoms with van der Waals surface area (Å²) in [6.07, 6.45) is 6.77. The highest BCUT2D eigenvalue weighted by atomic mass is 32.2. The minimum Gasteiger partial charge on any atom is -0.355 e. The van der Waals surface area contributed by atoms with Gasteiger partial charge in [0.2, 0.25) is 5.91 Å². The van der Waals surface area contributed by atoms with Crippen LogP contribution in [0.2, 0.25) is 0 Å². The largest absolute Gasteiger partial charge is 0.355 e. The van der Waals surface area contributed by atoms with Crippen molar-refractivity contribution in [2.24, 2.45) is 11.7 Å². The molecule has 3 unspecified atom stereocenters. The van der Waals surface area contributed by atoms with Crippen LogP contribution in [0.15, 0.2) is 0 Å². The van der Waals surface area contributed by atoms with Crippen molar-refractivity contribution in [3.63, 3.8) is 0 Å². The monoisotopic (exact) mass is 256 g/mol. The normalized spacial score (nSPS) is 38.0. The molecule has 1 amide bonds. The third-order valence-corrected chi connectivity index (χ3v) is 5.50. The fourth-order valence-electron chi connectivity index (χ4n) is 2.93. The quantitative estimate of drug-likeness (QED) is 0.811. The maximum absolute atomic E-state index is 12.2. The maximum Gasteiger partial charge on any atom is 0.224 e. The van der Waals surface area contributed by atoms with E-state index in [0.29, 0.717) is 5.25 Å². The first-order valence-electron chi connectivity index (χ1n) is 6.78. The van der Waals surface area contributed by atoms with Gasteiger partial charge in [-0.2, -0.15) is 11.8 Å². The number of nitrogens with one attached hydrogen (secondary N) is 1. The fourth-order valence-corrected chi connectivity index (χ4v) is 4.13. The molecule has 1 heterocycles. The number of hydrogen-bond donors (Lipinski definition) is 2. The Bertz CT molecular complexity index is 275. The van der Waals surface area contributed by atoms with Crippen molar-refractivity contribution < 1.29 is 4.79 Å². The number of carbonyl (C=O) groups is 1. The highest BCUT2D eigenvalue weighted by molar-refractivity contribution is 8.00. The molecule has 0 aromatic rings. The Morgan fingerprint density at radius 1 is 1.41 bits per heavy atom. The summed E-state index contributed by atoms with van der Waals surface area (Å²) < 4.78 is 0. The molecule has 1 saturated heterocycles. The molecule has 17 heavy (non-hydrogen) atoms. The zero-order chi connectivity index (χ0) is 12.3. The molecule has 2 fully saturated rings. The first-order chi connectivity index (χ1) is 8.09. The Balaban J connectivity index is 1.81. The van der Waals surface area contributed by atoms with E-state index in [1.165, 1.54) is 18.6 Å². The smallest absolute Gasteiger partial charge is 0.224 e. The van der Waals surface area contributed by atoms with Crippen LogP contribution < -0.4 is 11.1 Å². The average Bonchev–Trinajstić information content (AvgIpc) is 2.78. The molecule has 2 aliphatic rings. The van der Waals surface area contributed by atoms with Crippen LogP contribution in [0.5, 0.6) is 0 Å². The van der Waals surface area contributed by atoms with E-state index in [1.807, 2.05) is 18.7 Å². The summed E-state index contributed by atoms with van der Waals surface area (Å²) in [5.74, 6) is 1.45. The van der Waals surface area contributed by atoms with Gasteiger partial charge < -0.3 is 11.1 Å². The predicted molar refractivity (Wildman–Crippen MR) is 73.0 cm³/mol. The van der Waals surface area contributed by atoms with Gasteiger partial charge in [0.1, 0.15) is 0 Å². The fraction of sp³-hybridized carbons (Fsp3) is 0.923. The van der Waals surface area contributed by atoms with Gasteiger partial charge in [0, 0.05) is 17.3 Å². The highest BCUT2D eigenvalue weighted by Gasteiger charge is 2.37. The van der Waals surface area contributed by atoms with Crippen LogP contribution >= 0.6 is 11.8 Å². The number of carbonyl (C=O) groups excluding carboxylic acids is 1. The van der Waals surface area contributed by atoms with Crippen molar-refractivity contribution in [3.8, 4) is 0 Å². The summed E-state index contributed by atoms with van der Waals surface area (Å²) >= 11 is 1.98. The molecular formula is C13H24N2OS. The van der Waals surface area contributed by atoms with Crippen LogP contribution in [0.1, 0.15) is 45.4 Å². The SMILES string of the molecule is CC1(N)CCCCC1C(=O)NCC1CCCS1. The van der Waals surface area contributed by atoms with Crippen molar-refractivity contribution in [2.75, 3.05) is 12.3 Å². The molecule has 0 aromatic heterocycles. The van der Waals surface area contributed by atoms with Gasteiger partial charge >= 0.3 is 0 Å². The van der Waals surface area contributed by atoms with Gasteiger partial charge in [-0.1, -0.05) is 12.8 Å². The molecule has 4 heteroatoms. The Morgan fingerprint density at radius 3 is 2.88 bits per heavy atom. The van der Waals surface area contributed by atoms with E-state index in [4.69, 9.17) is 5.73 Å². The van der Waals surface area contributed by atoms with E-state index in [-0.39, 0.29) is 17.4 Å². The zero-order valence-electron chi connectivity index (χ0n) is 10.7. The molecule has 0 spiro atoms. The second-order valence-electron chi connectivity index (χ2n) is 5.68. The number of amides is 1. The van der Waals surface area contributed by atoms with E-state index < -0.39 is 0 Å². The third-order valence-electron chi connectivity index (χ3n) is 4.10. The lowest BCUT2D eigenvalue weighted by molar-refractivity contribution is -0.128. The van der Waals surface area contributed by atoms with E-state index in [1.54, 1.807) is 0 Å². The molecule has 1 saturated carbocycles. The molecule has 3 atom stereocenters. The summed E-state index contributed by atoms with van der Waals surface area (Å²) in [4.78, 5) is 12.2. The summed E-state index contributed by atoms with van der Waals surface area (Å²) in [7, 11) is 0. The van der Waals surface area contributed by atoms with Crippen LogP contribution in [-0.2, 0) is 4.79 Å². The summed E-state index contributed by atoms with van der Waals surface area (Å²) in [6.45, 7) is 2.86. The van der Waals surface area contributed by atoms with E-state index >= 15 is 0 Å². The third kappa shape index (κ3) is 3.38. The first kappa shape index (κ1) is 13.2. The van der Waals surface area contributed by atoms with Gasteiger partial charge in [-0.05, 0) is 38.4 Å². The van der Waals surface area contributed by atoms with Gasteiger partial charge in [0.25, 0.3) is 0 Å². The van der Waals surface area contributed by atoms with E-state index in [9.17, 15) is 4.79 Å². The van der Waals surface area contributed by atoms with Crippen LogP contribution in [0.4, 0.5) is 0 Å². The molecule has 3 nitrogen and oxygen atoms in total. The van der Waals surface area contributed by atoms with Crippen LogP contribution in [0.3, 0.4) is 0 Å². The van der Waals surface area contributed by atoms with E-state index in [0.717, 1.165) is 32.2 Å². The van der Waals surface area contributed by atoms with Gasteiger partial charge in [-0.15, -0.1) is 0 Å². The second kappa shape index (κ2) is 5.61. The van der Waals surface area contributed by atoms with Gasteiger partial charge in [-0.3, -0.25) is 4.79 Å². The minimum atomic E-state index is -0.300. The maximum atomic E-state index is 12.2. The van der Waals surface area contributed by atoms with Crippen LogP contribution in [0.25, 0.3) is 0 Å². The van der Waals surface area contributed by atoms with E-state index in [2.05, 4.69) is 5.32 Å². The van der Waals surface area contributed by atoms with Gasteiger partial charge in [-0.25, -0.2) is 0 Å². The number of thioether (sulfide) groups is 1. The standard InChI is InChI=1S/C13H24N2OS/c1-13(14)7-3-2-6-11(13)12(16)15-9-10-5-4-8-17-10/h10-11H,2-9,14H2,1H3,(H,15,16). The summed E-state index contributed by atoms with van der Waals surface area (Å²) in [5, 5.41) is 3.74. The molecule has 2 rings (SSSR count). The lowest BCUT2D eigenvalue weighted by atomic mass is 9.74. The zero-order valence-corrected chi connectivity index (χ0v) is 11.5. The predicted octanol–water partition coefficient (Wildman–Crippen LogP) is 1.91. The van der Waals surface area contributed by atoms with Crippen molar-refractivity contribution in [3.05, 3.63) is 0 Å². The topological polar surface area (TPSA) is 55.1 Å². The molecule has 98 valence electrons. The molecule has 1 aliphatic carbocycles.